The van der Waals surface area contributed by atoms with E-state index in [1.807, 2.05) is 13.8 Å². The highest BCUT2D eigenvalue weighted by Crippen LogP contribution is 1.84. The number of carbonyl (C=O) groups excluding carboxylic acids is 1. The molecule has 0 unspecified atom stereocenters. The first-order valence-corrected chi connectivity index (χ1v) is 4.92. The van der Waals surface area contributed by atoms with E-state index in [9.17, 15) is 4.79 Å². The lowest BCUT2D eigenvalue weighted by Crippen LogP contribution is -2.20. The summed E-state index contributed by atoms with van der Waals surface area (Å²) in [5, 5.41) is 0. The molecule has 0 aliphatic rings. The molecule has 1 N–H and O–H groups in total. The maximum absolute atomic E-state index is 10.1. The van der Waals surface area contributed by atoms with Crippen molar-refractivity contribution in [2.24, 2.45) is 0 Å². The fraction of sp³-hybridized carbons (Fsp3) is 0.571. The van der Waals surface area contributed by atoms with Gasteiger partial charge in [-0.05, 0) is 27.0 Å². The van der Waals surface area contributed by atoms with Gasteiger partial charge in [0, 0.05) is 11.7 Å². The molecule has 0 aliphatic carbocycles. The molecule has 0 rings (SSSR count). The first kappa shape index (κ1) is 10.4. The smallest absolute Gasteiger partial charge is 0.264 e. The van der Waals surface area contributed by atoms with Crippen LogP contribution in [0.3, 0.4) is 0 Å². The van der Waals surface area contributed by atoms with Gasteiger partial charge in [0.15, 0.2) is 0 Å². The van der Waals surface area contributed by atoms with Crippen LogP contribution in [0.4, 0.5) is 0 Å². The third-order valence-corrected chi connectivity index (χ3v) is 2.22. The first-order chi connectivity index (χ1) is 5.16. The van der Waals surface area contributed by atoms with Crippen LogP contribution in [-0.2, 0) is 9.22 Å². The number of hydrogen-bond donors (Lipinski definition) is 1. The molecule has 0 atom stereocenters. The predicted octanol–water partition coefficient (Wildman–Crippen LogP) is 0.102. The van der Waals surface area contributed by atoms with Crippen molar-refractivity contribution < 1.29 is 9.22 Å². The minimum absolute atomic E-state index is 0.277. The fourth-order valence-electron chi connectivity index (χ4n) is 0.451. The molecule has 0 aromatic rings. The Kier molecular flexibility index (Phi) is 5.78. The lowest BCUT2D eigenvalue weighted by atomic mass is 10.4. The van der Waals surface area contributed by atoms with Gasteiger partial charge in [-0.3, -0.25) is 4.79 Å². The Morgan fingerprint density at radius 1 is 1.64 bits per heavy atom. The highest BCUT2D eigenvalue weighted by Gasteiger charge is 1.90. The SMILES string of the molecule is CC(C=O)=CN[SiH2]OC(C)C. The van der Waals surface area contributed by atoms with Gasteiger partial charge in [0.1, 0.15) is 6.29 Å². The topological polar surface area (TPSA) is 38.3 Å². The number of carbonyl (C=O) groups is 1. The Labute approximate surface area is 69.8 Å². The van der Waals surface area contributed by atoms with Crippen LogP contribution in [0.5, 0.6) is 0 Å². The Bertz CT molecular complexity index is 145. The summed E-state index contributed by atoms with van der Waals surface area (Å²) in [5.74, 6) is 0. The summed E-state index contributed by atoms with van der Waals surface area (Å²) in [6, 6.07) is 0. The van der Waals surface area contributed by atoms with E-state index < -0.39 is 9.92 Å². The maximum atomic E-state index is 10.1. The van der Waals surface area contributed by atoms with Gasteiger partial charge in [0.05, 0.1) is 0 Å². The van der Waals surface area contributed by atoms with E-state index >= 15 is 0 Å². The van der Waals surface area contributed by atoms with E-state index in [1.165, 1.54) is 0 Å². The number of hydrogen-bond acceptors (Lipinski definition) is 3. The Morgan fingerprint density at radius 2 is 2.27 bits per heavy atom. The zero-order valence-corrected chi connectivity index (χ0v) is 8.67. The van der Waals surface area contributed by atoms with Crippen molar-refractivity contribution in [3.05, 3.63) is 11.8 Å². The lowest BCUT2D eigenvalue weighted by Gasteiger charge is -2.05. The average molecular weight is 173 g/mol. The van der Waals surface area contributed by atoms with Gasteiger partial charge < -0.3 is 9.41 Å². The number of rotatable bonds is 5. The molecule has 0 aliphatic heterocycles. The molecule has 0 heterocycles. The van der Waals surface area contributed by atoms with E-state index in [-0.39, 0.29) is 6.10 Å². The van der Waals surface area contributed by atoms with E-state index in [1.54, 1.807) is 13.1 Å². The van der Waals surface area contributed by atoms with Gasteiger partial charge in [0.2, 0.25) is 0 Å². The Morgan fingerprint density at radius 3 is 2.73 bits per heavy atom. The molecule has 0 spiro atoms. The van der Waals surface area contributed by atoms with Crippen LogP contribution in [0.25, 0.3) is 0 Å². The monoisotopic (exact) mass is 173 g/mol. The van der Waals surface area contributed by atoms with Gasteiger partial charge in [-0.15, -0.1) is 0 Å². The fourth-order valence-corrected chi connectivity index (χ4v) is 1.29. The molecule has 0 fully saturated rings. The molecule has 11 heavy (non-hydrogen) atoms. The molecule has 0 aromatic heterocycles. The van der Waals surface area contributed by atoms with Gasteiger partial charge in [-0.25, -0.2) is 0 Å². The summed E-state index contributed by atoms with van der Waals surface area (Å²) < 4.78 is 5.30. The second-order valence-electron chi connectivity index (χ2n) is 2.57. The molecule has 0 aromatic carbocycles. The molecule has 0 radical (unpaired) electrons. The van der Waals surface area contributed by atoms with E-state index in [0.29, 0.717) is 5.57 Å². The molecular formula is C7H15NO2Si. The molecule has 0 saturated heterocycles. The van der Waals surface area contributed by atoms with E-state index in [4.69, 9.17) is 4.43 Å². The molecule has 0 bridgehead atoms. The average Bonchev–Trinajstić information content (AvgIpc) is 1.97. The molecule has 64 valence electrons. The van der Waals surface area contributed by atoms with Crippen LogP contribution in [0.2, 0.25) is 0 Å². The maximum Gasteiger partial charge on any atom is 0.264 e. The van der Waals surface area contributed by atoms with Crippen molar-refractivity contribution in [2.75, 3.05) is 0 Å². The molecule has 3 nitrogen and oxygen atoms in total. The van der Waals surface area contributed by atoms with Gasteiger partial charge in [-0.2, -0.15) is 0 Å². The van der Waals surface area contributed by atoms with Crippen molar-refractivity contribution in [2.45, 2.75) is 26.9 Å². The van der Waals surface area contributed by atoms with E-state index in [0.717, 1.165) is 6.29 Å². The zero-order chi connectivity index (χ0) is 8.69. The van der Waals surface area contributed by atoms with Gasteiger partial charge in [-0.1, -0.05) is 0 Å². The van der Waals surface area contributed by atoms with Crippen LogP contribution in [-0.4, -0.2) is 22.3 Å². The second kappa shape index (κ2) is 6.12. The molecule has 0 amide bonds. The third kappa shape index (κ3) is 7.28. The number of allylic oxidation sites excluding steroid dienone is 1. The van der Waals surface area contributed by atoms with Crippen LogP contribution in [0.1, 0.15) is 20.8 Å². The Balaban J connectivity index is 3.33. The lowest BCUT2D eigenvalue weighted by molar-refractivity contribution is -0.104. The largest absolute Gasteiger partial charge is 0.401 e. The zero-order valence-electron chi connectivity index (χ0n) is 7.26. The summed E-state index contributed by atoms with van der Waals surface area (Å²) in [5.41, 5.74) is 0.699. The summed E-state index contributed by atoms with van der Waals surface area (Å²) in [6.45, 7) is 5.74. The predicted molar refractivity (Wildman–Crippen MR) is 47.7 cm³/mol. The number of aldehydes is 1. The Hall–Kier alpha value is -0.613. The first-order valence-electron chi connectivity index (χ1n) is 3.63. The quantitative estimate of drug-likeness (QED) is 0.277. The molecular weight excluding hydrogens is 158 g/mol. The van der Waals surface area contributed by atoms with E-state index in [2.05, 4.69) is 4.98 Å². The van der Waals surface area contributed by atoms with Crippen molar-refractivity contribution in [3.8, 4) is 0 Å². The number of nitrogens with one attached hydrogen (secondary N) is 1. The summed E-state index contributed by atoms with van der Waals surface area (Å²) >= 11 is 0. The minimum atomic E-state index is -0.674. The van der Waals surface area contributed by atoms with Crippen LogP contribution in [0, 0.1) is 0 Å². The minimum Gasteiger partial charge on any atom is -0.401 e. The highest BCUT2D eigenvalue weighted by atomic mass is 28.2. The van der Waals surface area contributed by atoms with Gasteiger partial charge in [0.25, 0.3) is 9.92 Å². The highest BCUT2D eigenvalue weighted by molar-refractivity contribution is 6.24. The summed E-state index contributed by atoms with van der Waals surface area (Å²) in [6.07, 6.45) is 2.79. The summed E-state index contributed by atoms with van der Waals surface area (Å²) in [7, 11) is -0.674. The van der Waals surface area contributed by atoms with Crippen molar-refractivity contribution >= 4 is 16.2 Å². The van der Waals surface area contributed by atoms with Crippen molar-refractivity contribution in [1.29, 1.82) is 0 Å². The summed E-state index contributed by atoms with van der Waals surface area (Å²) in [4.78, 5) is 13.1. The van der Waals surface area contributed by atoms with Crippen molar-refractivity contribution in [1.82, 2.24) is 4.98 Å². The normalized spacial score (nSPS) is 12.9. The van der Waals surface area contributed by atoms with Crippen LogP contribution >= 0.6 is 0 Å². The van der Waals surface area contributed by atoms with Crippen LogP contribution in [0.15, 0.2) is 11.8 Å². The van der Waals surface area contributed by atoms with Crippen molar-refractivity contribution in [3.63, 3.8) is 0 Å². The standard InChI is InChI=1S/C7H15NO2Si/c1-6(2)10-11-8-4-7(3)5-9/h4-6,8H,11H2,1-3H3. The van der Waals surface area contributed by atoms with Gasteiger partial charge >= 0.3 is 0 Å². The molecule has 0 saturated carbocycles. The van der Waals surface area contributed by atoms with Crippen LogP contribution < -0.4 is 4.98 Å². The third-order valence-electron chi connectivity index (χ3n) is 1.02. The second-order valence-corrected chi connectivity index (χ2v) is 3.60. The molecule has 4 heteroatoms.